The van der Waals surface area contributed by atoms with Crippen LogP contribution in [0.15, 0.2) is 66.3 Å². The minimum absolute atomic E-state index is 0.0300. The summed E-state index contributed by atoms with van der Waals surface area (Å²) in [6.45, 7) is 6.11. The number of allylic oxidation sites excluding steroid dienone is 4. The predicted molar refractivity (Wildman–Crippen MR) is 111 cm³/mol. The number of imide groups is 1. The Morgan fingerprint density at radius 1 is 0.857 bits per heavy atom. The van der Waals surface area contributed by atoms with Crippen LogP contribution in [0.1, 0.15) is 23.6 Å². The van der Waals surface area contributed by atoms with Crippen molar-refractivity contribution >= 4 is 23.1 Å². The van der Waals surface area contributed by atoms with Crippen molar-refractivity contribution in [2.45, 2.75) is 20.8 Å². The van der Waals surface area contributed by atoms with Gasteiger partial charge in [0.15, 0.2) is 0 Å². The van der Waals surface area contributed by atoms with E-state index in [-0.39, 0.29) is 35.5 Å². The molecule has 1 saturated heterocycles. The van der Waals surface area contributed by atoms with E-state index in [0.717, 1.165) is 16.8 Å². The van der Waals surface area contributed by atoms with E-state index in [9.17, 15) is 9.59 Å². The molecule has 5 rings (SSSR count). The Balaban J connectivity index is 1.56. The van der Waals surface area contributed by atoms with Crippen molar-refractivity contribution in [1.82, 2.24) is 0 Å². The standard InChI is InChI=1S/C25H23NO2/c1-14-9-12-20(15(2)13-14)26-24(27)22-18-10-11-19(23(22)25(26)28)21(18)16(3)17-7-5-4-6-8-17/h4-13,18-19,22-23H,1-3H3/t18-,19-,22+,23+/m1/s1. The van der Waals surface area contributed by atoms with E-state index >= 15 is 0 Å². The summed E-state index contributed by atoms with van der Waals surface area (Å²) in [5, 5.41) is 0. The number of fused-ring (bicyclic) bond motifs is 5. The van der Waals surface area contributed by atoms with Crippen molar-refractivity contribution in [3.8, 4) is 0 Å². The molecule has 140 valence electrons. The molecule has 3 aliphatic rings. The number of benzene rings is 2. The number of hydrogen-bond donors (Lipinski definition) is 0. The van der Waals surface area contributed by atoms with Crippen LogP contribution < -0.4 is 4.90 Å². The van der Waals surface area contributed by atoms with Gasteiger partial charge in [-0.25, -0.2) is 4.90 Å². The van der Waals surface area contributed by atoms with Gasteiger partial charge in [0.25, 0.3) is 0 Å². The molecule has 2 fully saturated rings. The molecule has 2 aromatic carbocycles. The highest BCUT2D eigenvalue weighted by Gasteiger charge is 2.62. The van der Waals surface area contributed by atoms with E-state index < -0.39 is 0 Å². The lowest BCUT2D eigenvalue weighted by atomic mass is 9.85. The topological polar surface area (TPSA) is 37.4 Å². The van der Waals surface area contributed by atoms with Crippen LogP contribution in [0.4, 0.5) is 5.69 Å². The van der Waals surface area contributed by atoms with Crippen molar-refractivity contribution in [1.29, 1.82) is 0 Å². The van der Waals surface area contributed by atoms with Crippen molar-refractivity contribution in [2.24, 2.45) is 23.7 Å². The summed E-state index contributed by atoms with van der Waals surface area (Å²) in [5.74, 6) is -0.562. The largest absolute Gasteiger partial charge is 0.274 e. The number of hydrogen-bond acceptors (Lipinski definition) is 2. The quantitative estimate of drug-likeness (QED) is 0.568. The van der Waals surface area contributed by atoms with Crippen LogP contribution in [-0.2, 0) is 9.59 Å². The van der Waals surface area contributed by atoms with Gasteiger partial charge in [0.05, 0.1) is 17.5 Å². The number of carbonyl (C=O) groups excluding carboxylic acids is 2. The van der Waals surface area contributed by atoms with Gasteiger partial charge in [-0.2, -0.15) is 0 Å². The Morgan fingerprint density at radius 3 is 2.04 bits per heavy atom. The van der Waals surface area contributed by atoms with E-state index in [1.54, 1.807) is 0 Å². The lowest BCUT2D eigenvalue weighted by Crippen LogP contribution is -2.33. The van der Waals surface area contributed by atoms with Crippen LogP contribution in [0, 0.1) is 37.5 Å². The zero-order chi connectivity index (χ0) is 19.6. The normalized spacial score (nSPS) is 27.7. The SMILES string of the molecule is CC(=C1[C@H]2C=C[C@H]1[C@@H]1C(=O)N(c3ccc(C)cc3C)C(=O)[C@H]12)c1ccccc1. The number of rotatable bonds is 2. The van der Waals surface area contributed by atoms with Gasteiger partial charge in [-0.05, 0) is 43.5 Å². The lowest BCUT2D eigenvalue weighted by Gasteiger charge is -2.21. The molecule has 4 atom stereocenters. The lowest BCUT2D eigenvalue weighted by molar-refractivity contribution is -0.122. The van der Waals surface area contributed by atoms with E-state index in [4.69, 9.17) is 0 Å². The van der Waals surface area contributed by atoms with Crippen molar-refractivity contribution in [2.75, 3.05) is 4.90 Å². The third-order valence-electron chi connectivity index (χ3n) is 6.65. The predicted octanol–water partition coefficient (Wildman–Crippen LogP) is 4.70. The first kappa shape index (κ1) is 17.2. The first-order valence-corrected chi connectivity index (χ1v) is 9.88. The average Bonchev–Trinajstić information content (AvgIpc) is 3.33. The minimum atomic E-state index is -0.267. The maximum Gasteiger partial charge on any atom is 0.238 e. The van der Waals surface area contributed by atoms with Gasteiger partial charge in [0.1, 0.15) is 0 Å². The van der Waals surface area contributed by atoms with Crippen LogP contribution >= 0.6 is 0 Å². The number of carbonyl (C=O) groups is 2. The highest BCUT2D eigenvalue weighted by atomic mass is 16.2. The summed E-state index contributed by atoms with van der Waals surface area (Å²) in [5.41, 5.74) is 6.46. The zero-order valence-electron chi connectivity index (χ0n) is 16.3. The monoisotopic (exact) mass is 369 g/mol. The van der Waals surface area contributed by atoms with E-state index in [1.165, 1.54) is 21.6 Å². The number of anilines is 1. The molecule has 2 amide bonds. The molecule has 2 aromatic rings. The molecule has 1 aliphatic heterocycles. The van der Waals surface area contributed by atoms with Crippen molar-refractivity contribution in [3.05, 3.63) is 82.9 Å². The summed E-state index contributed by atoms with van der Waals surface area (Å²) in [6, 6.07) is 16.2. The molecule has 28 heavy (non-hydrogen) atoms. The highest BCUT2D eigenvalue weighted by molar-refractivity contribution is 6.23. The third kappa shape index (κ3) is 2.22. The van der Waals surface area contributed by atoms with Crippen LogP contribution in [0.5, 0.6) is 0 Å². The van der Waals surface area contributed by atoms with Gasteiger partial charge in [-0.15, -0.1) is 0 Å². The summed E-state index contributed by atoms with van der Waals surface area (Å²) >= 11 is 0. The molecule has 3 nitrogen and oxygen atoms in total. The Kier molecular flexibility index (Phi) is 3.70. The fourth-order valence-electron chi connectivity index (χ4n) is 5.41. The minimum Gasteiger partial charge on any atom is -0.274 e. The number of aryl methyl sites for hydroxylation is 2. The molecule has 0 radical (unpaired) electrons. The maximum atomic E-state index is 13.4. The Labute approximate surface area is 165 Å². The second-order valence-electron chi connectivity index (χ2n) is 8.24. The Bertz CT molecular complexity index is 1030. The van der Waals surface area contributed by atoms with E-state index in [2.05, 4.69) is 31.2 Å². The summed E-state index contributed by atoms with van der Waals surface area (Å²) in [7, 11) is 0. The van der Waals surface area contributed by atoms with Gasteiger partial charge < -0.3 is 0 Å². The molecular weight excluding hydrogens is 346 g/mol. The van der Waals surface area contributed by atoms with Crippen LogP contribution in [0.3, 0.4) is 0 Å². The fraction of sp³-hybridized carbons (Fsp3) is 0.280. The first-order chi connectivity index (χ1) is 13.5. The van der Waals surface area contributed by atoms with E-state index in [0.29, 0.717) is 0 Å². The summed E-state index contributed by atoms with van der Waals surface area (Å²) < 4.78 is 0. The van der Waals surface area contributed by atoms with Gasteiger partial charge in [0, 0.05) is 11.8 Å². The van der Waals surface area contributed by atoms with Gasteiger partial charge in [0.2, 0.25) is 11.8 Å². The highest BCUT2D eigenvalue weighted by Crippen LogP contribution is 2.58. The molecule has 3 heteroatoms. The third-order valence-corrected chi connectivity index (χ3v) is 6.65. The molecule has 1 saturated carbocycles. The fourth-order valence-corrected chi connectivity index (χ4v) is 5.41. The van der Waals surface area contributed by atoms with Gasteiger partial charge >= 0.3 is 0 Å². The first-order valence-electron chi connectivity index (χ1n) is 9.88. The Morgan fingerprint density at radius 2 is 1.46 bits per heavy atom. The second kappa shape index (κ2) is 6.03. The molecule has 1 heterocycles. The maximum absolute atomic E-state index is 13.4. The Hall–Kier alpha value is -2.94. The number of amides is 2. The van der Waals surface area contributed by atoms with Crippen LogP contribution in [-0.4, -0.2) is 11.8 Å². The number of nitrogens with zero attached hydrogens (tertiary/aromatic N) is 1. The average molecular weight is 369 g/mol. The molecule has 0 aromatic heterocycles. The van der Waals surface area contributed by atoms with Gasteiger partial charge in [-0.1, -0.05) is 65.8 Å². The summed E-state index contributed by atoms with van der Waals surface area (Å²) in [4.78, 5) is 28.2. The van der Waals surface area contributed by atoms with Crippen molar-refractivity contribution < 1.29 is 9.59 Å². The van der Waals surface area contributed by atoms with Crippen LogP contribution in [0.25, 0.3) is 5.57 Å². The summed E-state index contributed by atoms with van der Waals surface area (Å²) in [6.07, 6.45) is 4.29. The van der Waals surface area contributed by atoms with Crippen molar-refractivity contribution in [3.63, 3.8) is 0 Å². The van der Waals surface area contributed by atoms with E-state index in [1.807, 2.05) is 50.2 Å². The van der Waals surface area contributed by atoms with Crippen LogP contribution in [0.2, 0.25) is 0 Å². The second-order valence-corrected chi connectivity index (χ2v) is 8.24. The van der Waals surface area contributed by atoms with Gasteiger partial charge in [-0.3, -0.25) is 9.59 Å². The molecule has 2 aliphatic carbocycles. The molecule has 0 N–H and O–H groups in total. The smallest absolute Gasteiger partial charge is 0.238 e. The molecule has 2 bridgehead atoms. The zero-order valence-corrected chi connectivity index (χ0v) is 16.3. The molecular formula is C25H23NO2. The molecule has 0 spiro atoms. The molecule has 0 unspecified atom stereocenters.